The van der Waals surface area contributed by atoms with E-state index in [0.29, 0.717) is 22.4 Å². The molecule has 180 valence electrons. The number of anilines is 1. The van der Waals surface area contributed by atoms with E-state index in [1.165, 1.54) is 17.4 Å². The standard InChI is InChI=1S/C24H20F3N5O2S/c1-12-7-8-14-17(9-12)35-23(20(14)21(28)33)30-22(34)16-11-19-29-15(13-5-3-2-4-6-13)10-18(24(25,26)27)32(19)31-16/h2-6,10-12H,7-9H2,1H3,(H2,28,33)(H,30,34)/t12-/m1/s1. The predicted octanol–water partition coefficient (Wildman–Crippen LogP) is 4.95. The van der Waals surface area contributed by atoms with Gasteiger partial charge >= 0.3 is 6.18 Å². The zero-order chi connectivity index (χ0) is 24.9. The van der Waals surface area contributed by atoms with Gasteiger partial charge in [-0.25, -0.2) is 9.50 Å². The van der Waals surface area contributed by atoms with Crippen molar-refractivity contribution in [2.24, 2.45) is 11.7 Å². The number of carbonyl (C=O) groups is 2. The van der Waals surface area contributed by atoms with Gasteiger partial charge in [-0.3, -0.25) is 9.59 Å². The average Bonchev–Trinajstić information content (AvgIpc) is 3.39. The minimum atomic E-state index is -4.73. The van der Waals surface area contributed by atoms with Crippen LogP contribution in [0.15, 0.2) is 42.5 Å². The maximum absolute atomic E-state index is 13.8. The second kappa shape index (κ2) is 8.49. The number of nitrogens with two attached hydrogens (primary N) is 1. The zero-order valence-electron chi connectivity index (χ0n) is 18.5. The third-order valence-corrected chi connectivity index (χ3v) is 7.17. The van der Waals surface area contributed by atoms with Gasteiger partial charge in [-0.05, 0) is 36.8 Å². The van der Waals surface area contributed by atoms with Crippen molar-refractivity contribution < 1.29 is 22.8 Å². The molecule has 35 heavy (non-hydrogen) atoms. The number of rotatable bonds is 4. The van der Waals surface area contributed by atoms with Crippen LogP contribution in [0.4, 0.5) is 18.2 Å². The summed E-state index contributed by atoms with van der Waals surface area (Å²) in [5.74, 6) is -0.968. The number of nitrogens with zero attached hydrogens (tertiary/aromatic N) is 3. The summed E-state index contributed by atoms with van der Waals surface area (Å²) in [5.41, 5.74) is 5.84. The van der Waals surface area contributed by atoms with Gasteiger partial charge in [-0.15, -0.1) is 11.3 Å². The highest BCUT2D eigenvalue weighted by molar-refractivity contribution is 7.17. The van der Waals surface area contributed by atoms with Crippen molar-refractivity contribution in [1.82, 2.24) is 14.6 Å². The largest absolute Gasteiger partial charge is 0.433 e. The SMILES string of the molecule is C[C@@H]1CCc2c(sc(NC(=O)c3cc4nc(-c5ccccc5)cc(C(F)(F)F)n4n3)c2C(N)=O)C1. The second-order valence-electron chi connectivity index (χ2n) is 8.56. The van der Waals surface area contributed by atoms with Crippen LogP contribution in [-0.2, 0) is 19.0 Å². The molecular formula is C24H20F3N5O2S. The van der Waals surface area contributed by atoms with Gasteiger partial charge < -0.3 is 11.1 Å². The molecule has 0 saturated heterocycles. The highest BCUT2D eigenvalue weighted by atomic mass is 32.1. The van der Waals surface area contributed by atoms with E-state index in [9.17, 15) is 22.8 Å². The van der Waals surface area contributed by atoms with E-state index in [-0.39, 0.29) is 27.6 Å². The monoisotopic (exact) mass is 499 g/mol. The number of hydrogen-bond donors (Lipinski definition) is 2. The molecule has 1 aliphatic rings. The van der Waals surface area contributed by atoms with Crippen LogP contribution in [0.3, 0.4) is 0 Å². The molecule has 5 rings (SSSR count). The number of amides is 2. The Labute approximate surface area is 201 Å². The predicted molar refractivity (Wildman–Crippen MR) is 125 cm³/mol. The Morgan fingerprint density at radius 1 is 1.20 bits per heavy atom. The van der Waals surface area contributed by atoms with E-state index in [0.717, 1.165) is 29.3 Å². The summed E-state index contributed by atoms with van der Waals surface area (Å²) < 4.78 is 42.1. The van der Waals surface area contributed by atoms with E-state index >= 15 is 0 Å². The van der Waals surface area contributed by atoms with E-state index in [4.69, 9.17) is 5.73 Å². The molecule has 11 heteroatoms. The number of carbonyl (C=O) groups excluding carboxylic acids is 2. The van der Waals surface area contributed by atoms with Gasteiger partial charge in [0.25, 0.3) is 11.8 Å². The van der Waals surface area contributed by atoms with Crippen molar-refractivity contribution in [2.75, 3.05) is 5.32 Å². The lowest BCUT2D eigenvalue weighted by Gasteiger charge is -2.18. The first-order chi connectivity index (χ1) is 16.6. The first-order valence-electron chi connectivity index (χ1n) is 10.9. The molecule has 0 fully saturated rings. The summed E-state index contributed by atoms with van der Waals surface area (Å²) >= 11 is 1.27. The Morgan fingerprint density at radius 3 is 2.63 bits per heavy atom. The van der Waals surface area contributed by atoms with E-state index in [1.54, 1.807) is 30.3 Å². The molecule has 2 amide bonds. The van der Waals surface area contributed by atoms with Crippen LogP contribution in [0, 0.1) is 5.92 Å². The summed E-state index contributed by atoms with van der Waals surface area (Å²) in [6.07, 6.45) is -2.38. The van der Waals surface area contributed by atoms with Crippen molar-refractivity contribution in [2.45, 2.75) is 32.4 Å². The molecule has 0 spiro atoms. The summed E-state index contributed by atoms with van der Waals surface area (Å²) in [6, 6.07) is 10.5. The normalized spacial score (nSPS) is 15.7. The smallest absolute Gasteiger partial charge is 0.365 e. The van der Waals surface area contributed by atoms with Gasteiger partial charge in [0.2, 0.25) is 0 Å². The lowest BCUT2D eigenvalue weighted by molar-refractivity contribution is -0.142. The first kappa shape index (κ1) is 23.0. The Bertz CT molecular complexity index is 1460. The number of nitrogens with one attached hydrogen (secondary N) is 1. The number of benzene rings is 1. The van der Waals surface area contributed by atoms with Crippen LogP contribution < -0.4 is 11.1 Å². The molecule has 3 N–H and O–H groups in total. The Hall–Kier alpha value is -3.73. The molecule has 0 saturated carbocycles. The van der Waals surface area contributed by atoms with E-state index < -0.39 is 23.7 Å². The fraction of sp³-hybridized carbons (Fsp3) is 0.250. The van der Waals surface area contributed by atoms with Crippen LogP contribution in [0.2, 0.25) is 0 Å². The molecule has 0 unspecified atom stereocenters. The molecule has 1 aromatic carbocycles. The summed E-state index contributed by atoms with van der Waals surface area (Å²) in [7, 11) is 0. The van der Waals surface area contributed by atoms with Crippen LogP contribution in [0.5, 0.6) is 0 Å². The van der Waals surface area contributed by atoms with Gasteiger partial charge in [0, 0.05) is 16.5 Å². The lowest BCUT2D eigenvalue weighted by atomic mass is 9.88. The van der Waals surface area contributed by atoms with Gasteiger partial charge in [-0.2, -0.15) is 18.3 Å². The fourth-order valence-electron chi connectivity index (χ4n) is 4.31. The average molecular weight is 500 g/mol. The minimum absolute atomic E-state index is 0.105. The molecule has 0 aliphatic heterocycles. The Balaban J connectivity index is 1.55. The summed E-state index contributed by atoms with van der Waals surface area (Å²) in [5, 5.41) is 6.81. The molecule has 4 aromatic rings. The first-order valence-corrected chi connectivity index (χ1v) is 11.7. The number of aromatic nitrogens is 3. The fourth-order valence-corrected chi connectivity index (χ4v) is 5.72. The maximum Gasteiger partial charge on any atom is 0.433 e. The van der Waals surface area contributed by atoms with Crippen LogP contribution >= 0.6 is 11.3 Å². The molecule has 7 nitrogen and oxygen atoms in total. The summed E-state index contributed by atoms with van der Waals surface area (Å²) in [6.45, 7) is 2.11. The Morgan fingerprint density at radius 2 is 1.94 bits per heavy atom. The molecular weight excluding hydrogens is 479 g/mol. The lowest BCUT2D eigenvalue weighted by Crippen LogP contribution is -2.19. The van der Waals surface area contributed by atoms with Crippen LogP contribution in [0.25, 0.3) is 16.9 Å². The van der Waals surface area contributed by atoms with Gasteiger partial charge in [0.05, 0.1) is 11.3 Å². The quantitative estimate of drug-likeness (QED) is 0.415. The number of alkyl halides is 3. The van der Waals surface area contributed by atoms with Crippen molar-refractivity contribution in [3.8, 4) is 11.3 Å². The molecule has 0 bridgehead atoms. The third kappa shape index (κ3) is 4.27. The maximum atomic E-state index is 13.8. The zero-order valence-corrected chi connectivity index (χ0v) is 19.3. The number of fused-ring (bicyclic) bond motifs is 2. The highest BCUT2D eigenvalue weighted by Gasteiger charge is 2.36. The van der Waals surface area contributed by atoms with E-state index in [1.807, 2.05) is 0 Å². The van der Waals surface area contributed by atoms with Gasteiger partial charge in [-0.1, -0.05) is 37.3 Å². The number of primary amides is 1. The molecule has 3 aromatic heterocycles. The van der Waals surface area contributed by atoms with Crippen molar-refractivity contribution in [3.05, 3.63) is 69.9 Å². The second-order valence-corrected chi connectivity index (χ2v) is 9.67. The number of thiophene rings is 1. The third-order valence-electron chi connectivity index (χ3n) is 6.00. The van der Waals surface area contributed by atoms with Crippen LogP contribution in [-0.4, -0.2) is 26.4 Å². The van der Waals surface area contributed by atoms with Crippen molar-refractivity contribution in [1.29, 1.82) is 0 Å². The van der Waals surface area contributed by atoms with Crippen LogP contribution in [0.1, 0.15) is 50.3 Å². The van der Waals surface area contributed by atoms with Crippen molar-refractivity contribution in [3.63, 3.8) is 0 Å². The topological polar surface area (TPSA) is 102 Å². The highest BCUT2D eigenvalue weighted by Crippen LogP contribution is 2.39. The molecule has 0 radical (unpaired) electrons. The number of hydrogen-bond acceptors (Lipinski definition) is 5. The minimum Gasteiger partial charge on any atom is -0.365 e. The van der Waals surface area contributed by atoms with Gasteiger partial charge in [0.1, 0.15) is 5.00 Å². The van der Waals surface area contributed by atoms with Crippen molar-refractivity contribution >= 4 is 33.8 Å². The number of halogens is 3. The molecule has 3 heterocycles. The molecule has 1 atom stereocenters. The Kier molecular flexibility index (Phi) is 5.59. The van der Waals surface area contributed by atoms with E-state index in [2.05, 4.69) is 22.3 Å². The summed E-state index contributed by atoms with van der Waals surface area (Å²) in [4.78, 5) is 30.4. The van der Waals surface area contributed by atoms with Gasteiger partial charge in [0.15, 0.2) is 17.0 Å². The molecule has 1 aliphatic carbocycles.